The van der Waals surface area contributed by atoms with Gasteiger partial charge < -0.3 is 5.32 Å². The lowest BCUT2D eigenvalue weighted by Crippen LogP contribution is -2.19. The van der Waals surface area contributed by atoms with Crippen LogP contribution in [0.5, 0.6) is 0 Å². The molecule has 1 N–H and O–H groups in total. The van der Waals surface area contributed by atoms with Gasteiger partial charge in [0.1, 0.15) is 6.54 Å². The Balaban J connectivity index is 1.70. The van der Waals surface area contributed by atoms with Crippen molar-refractivity contribution in [3.05, 3.63) is 47.2 Å². The first-order chi connectivity index (χ1) is 11.9. The molecule has 2 aromatic heterocycles. The molecule has 1 aromatic carbocycles. The van der Waals surface area contributed by atoms with Crippen LogP contribution in [0.4, 0.5) is 5.82 Å². The van der Waals surface area contributed by atoms with Gasteiger partial charge >= 0.3 is 0 Å². The van der Waals surface area contributed by atoms with E-state index in [0.29, 0.717) is 10.8 Å². The number of nitrogens with zero attached hydrogens (tertiary/aromatic N) is 5. The predicted molar refractivity (Wildman–Crippen MR) is 96.4 cm³/mol. The fourth-order valence-corrected chi connectivity index (χ4v) is 2.62. The van der Waals surface area contributed by atoms with Crippen molar-refractivity contribution in [2.75, 3.05) is 5.32 Å². The molecule has 0 unspecified atom stereocenters. The van der Waals surface area contributed by atoms with Crippen molar-refractivity contribution in [1.82, 2.24) is 24.8 Å². The van der Waals surface area contributed by atoms with Crippen LogP contribution in [0, 0.1) is 6.92 Å². The molecule has 8 heteroatoms. The second-order valence-corrected chi connectivity index (χ2v) is 6.50. The lowest BCUT2D eigenvalue weighted by Gasteiger charge is -2.03. The second kappa shape index (κ2) is 7.06. The summed E-state index contributed by atoms with van der Waals surface area (Å²) in [6.07, 6.45) is 3.37. The standard InChI is InChI=1S/C17H19ClN6O/c1-11(2)24-19-8-15(21-24)20-16(25)10-23-9-12(3)17(22-23)13-5-4-6-14(18)7-13/h4-9,11H,10H2,1-3H3,(H,20,21,25). The molecule has 1 amide bonds. The van der Waals surface area contributed by atoms with Crippen LogP contribution in [0.3, 0.4) is 0 Å². The number of benzene rings is 1. The van der Waals surface area contributed by atoms with Gasteiger partial charge in [-0.1, -0.05) is 23.7 Å². The average molecular weight is 359 g/mol. The largest absolute Gasteiger partial charge is 0.306 e. The quantitative estimate of drug-likeness (QED) is 0.758. The SMILES string of the molecule is Cc1cn(CC(=O)Nc2cnn(C(C)C)n2)nc1-c1cccc(Cl)c1. The molecule has 25 heavy (non-hydrogen) atoms. The van der Waals surface area contributed by atoms with Crippen LogP contribution < -0.4 is 5.32 Å². The van der Waals surface area contributed by atoms with Gasteiger partial charge in [-0.15, -0.1) is 5.10 Å². The van der Waals surface area contributed by atoms with Gasteiger partial charge in [0.25, 0.3) is 0 Å². The highest BCUT2D eigenvalue weighted by Crippen LogP contribution is 2.24. The summed E-state index contributed by atoms with van der Waals surface area (Å²) in [7, 11) is 0. The molecule has 3 aromatic rings. The van der Waals surface area contributed by atoms with Gasteiger partial charge in [-0.3, -0.25) is 9.48 Å². The van der Waals surface area contributed by atoms with Crippen LogP contribution in [0.25, 0.3) is 11.3 Å². The van der Waals surface area contributed by atoms with E-state index in [9.17, 15) is 4.79 Å². The monoisotopic (exact) mass is 358 g/mol. The number of halogens is 1. The van der Waals surface area contributed by atoms with Crippen LogP contribution in [-0.4, -0.2) is 30.7 Å². The van der Waals surface area contributed by atoms with Gasteiger partial charge in [0, 0.05) is 16.8 Å². The zero-order valence-electron chi connectivity index (χ0n) is 14.3. The van der Waals surface area contributed by atoms with Crippen molar-refractivity contribution in [3.8, 4) is 11.3 Å². The number of aromatic nitrogens is 5. The molecule has 0 aliphatic rings. The molecule has 130 valence electrons. The first kappa shape index (κ1) is 17.2. The van der Waals surface area contributed by atoms with Crippen molar-refractivity contribution in [3.63, 3.8) is 0 Å². The third-order valence-electron chi connectivity index (χ3n) is 3.59. The Labute approximate surface area is 150 Å². The van der Waals surface area contributed by atoms with Gasteiger partial charge in [-0.05, 0) is 38.5 Å². The Bertz CT molecular complexity index is 898. The van der Waals surface area contributed by atoms with Crippen molar-refractivity contribution in [2.45, 2.75) is 33.4 Å². The minimum absolute atomic E-state index is 0.0932. The molecule has 0 aliphatic carbocycles. The molecule has 0 bridgehead atoms. The maximum Gasteiger partial charge on any atom is 0.247 e. The molecule has 0 aliphatic heterocycles. The Hall–Kier alpha value is -2.67. The zero-order valence-corrected chi connectivity index (χ0v) is 15.0. The molecule has 0 radical (unpaired) electrons. The normalized spacial score (nSPS) is 11.1. The number of rotatable bonds is 5. The highest BCUT2D eigenvalue weighted by Gasteiger charge is 2.12. The minimum atomic E-state index is -0.212. The number of carbonyl (C=O) groups excluding carboxylic acids is 1. The molecule has 0 fully saturated rings. The van der Waals surface area contributed by atoms with Crippen molar-refractivity contribution < 1.29 is 4.79 Å². The highest BCUT2D eigenvalue weighted by atomic mass is 35.5. The van der Waals surface area contributed by atoms with Gasteiger partial charge in [0.15, 0.2) is 5.82 Å². The molecule has 2 heterocycles. The average Bonchev–Trinajstić information content (AvgIpc) is 3.14. The molecule has 0 spiro atoms. The molecule has 3 rings (SSSR count). The zero-order chi connectivity index (χ0) is 18.0. The summed E-state index contributed by atoms with van der Waals surface area (Å²) in [6.45, 7) is 5.98. The van der Waals surface area contributed by atoms with Crippen LogP contribution in [0.1, 0.15) is 25.5 Å². The Morgan fingerprint density at radius 3 is 2.80 bits per heavy atom. The maximum atomic E-state index is 12.2. The first-order valence-electron chi connectivity index (χ1n) is 7.94. The minimum Gasteiger partial charge on any atom is -0.306 e. The van der Waals surface area contributed by atoms with E-state index in [1.54, 1.807) is 9.48 Å². The summed E-state index contributed by atoms with van der Waals surface area (Å²) >= 11 is 6.04. The number of nitrogens with one attached hydrogen (secondary N) is 1. The number of anilines is 1. The van der Waals surface area contributed by atoms with E-state index in [0.717, 1.165) is 16.8 Å². The molecular weight excluding hydrogens is 340 g/mol. The Kier molecular flexibility index (Phi) is 4.85. The summed E-state index contributed by atoms with van der Waals surface area (Å²) in [5, 5.41) is 16.2. The van der Waals surface area contributed by atoms with Crippen LogP contribution in [0.2, 0.25) is 5.02 Å². The number of hydrogen-bond acceptors (Lipinski definition) is 4. The summed E-state index contributed by atoms with van der Waals surface area (Å²) in [5.41, 5.74) is 2.70. The van der Waals surface area contributed by atoms with Crippen LogP contribution in [0.15, 0.2) is 36.7 Å². The van der Waals surface area contributed by atoms with E-state index < -0.39 is 0 Å². The maximum absolute atomic E-state index is 12.2. The smallest absolute Gasteiger partial charge is 0.247 e. The van der Waals surface area contributed by atoms with Gasteiger partial charge in [0.2, 0.25) is 5.91 Å². The lowest BCUT2D eigenvalue weighted by molar-refractivity contribution is -0.116. The summed E-state index contributed by atoms with van der Waals surface area (Å²) in [4.78, 5) is 13.7. The fraction of sp³-hybridized carbons (Fsp3) is 0.294. The highest BCUT2D eigenvalue weighted by molar-refractivity contribution is 6.30. The number of carbonyl (C=O) groups is 1. The molecule has 0 saturated carbocycles. The van der Waals surface area contributed by atoms with Crippen molar-refractivity contribution in [1.29, 1.82) is 0 Å². The van der Waals surface area contributed by atoms with Gasteiger partial charge in [-0.25, -0.2) is 0 Å². The van der Waals surface area contributed by atoms with Crippen molar-refractivity contribution >= 4 is 23.3 Å². The first-order valence-corrected chi connectivity index (χ1v) is 8.32. The number of hydrogen-bond donors (Lipinski definition) is 1. The topological polar surface area (TPSA) is 77.6 Å². The van der Waals surface area contributed by atoms with Crippen LogP contribution in [-0.2, 0) is 11.3 Å². The van der Waals surface area contributed by atoms with Crippen molar-refractivity contribution in [2.24, 2.45) is 0 Å². The second-order valence-electron chi connectivity index (χ2n) is 6.06. The van der Waals surface area contributed by atoms with E-state index in [4.69, 9.17) is 11.6 Å². The molecular formula is C17H19ClN6O. The third kappa shape index (κ3) is 4.06. The molecule has 7 nitrogen and oxygen atoms in total. The lowest BCUT2D eigenvalue weighted by atomic mass is 10.1. The summed E-state index contributed by atoms with van der Waals surface area (Å²) < 4.78 is 1.60. The van der Waals surface area contributed by atoms with Gasteiger partial charge in [0.05, 0.1) is 17.9 Å². The fourth-order valence-electron chi connectivity index (χ4n) is 2.43. The summed E-state index contributed by atoms with van der Waals surface area (Å²) in [5.74, 6) is 0.216. The van der Waals surface area contributed by atoms with Gasteiger partial charge in [-0.2, -0.15) is 15.0 Å². The Morgan fingerprint density at radius 2 is 2.12 bits per heavy atom. The van der Waals surface area contributed by atoms with E-state index >= 15 is 0 Å². The summed E-state index contributed by atoms with van der Waals surface area (Å²) in [6, 6.07) is 7.62. The van der Waals surface area contributed by atoms with E-state index in [2.05, 4.69) is 20.6 Å². The Morgan fingerprint density at radius 1 is 1.32 bits per heavy atom. The van der Waals surface area contributed by atoms with E-state index in [1.165, 1.54) is 6.20 Å². The number of amides is 1. The molecule has 0 saturated heterocycles. The van der Waals surface area contributed by atoms with E-state index in [-0.39, 0.29) is 18.5 Å². The van der Waals surface area contributed by atoms with Crippen LogP contribution >= 0.6 is 11.6 Å². The van der Waals surface area contributed by atoms with E-state index in [1.807, 2.05) is 51.2 Å². The number of aryl methyl sites for hydroxylation is 1. The predicted octanol–water partition coefficient (Wildman–Crippen LogP) is 3.32. The molecule has 0 atom stereocenters. The third-order valence-corrected chi connectivity index (χ3v) is 3.82.